The number of carbonyl (C=O) groups excluding carboxylic acids is 1. The van der Waals surface area contributed by atoms with Crippen LogP contribution in [0.4, 0.5) is 5.69 Å². The second-order valence-electron chi connectivity index (χ2n) is 4.67. The Balaban J connectivity index is 2.23. The minimum Gasteiger partial charge on any atom is -0.495 e. The lowest BCUT2D eigenvalue weighted by atomic mass is 10.3. The van der Waals surface area contributed by atoms with Gasteiger partial charge in [0.1, 0.15) is 11.5 Å². The van der Waals surface area contributed by atoms with Crippen LogP contribution in [0, 0.1) is 0 Å². The summed E-state index contributed by atoms with van der Waals surface area (Å²) in [6.07, 6.45) is 1.74. The van der Waals surface area contributed by atoms with Gasteiger partial charge in [-0.1, -0.05) is 6.92 Å². The lowest BCUT2D eigenvalue weighted by Gasteiger charge is -2.12. The van der Waals surface area contributed by atoms with E-state index in [1.54, 1.807) is 19.1 Å². The SMILES string of the molecule is CCC(=O)Nc1cc(S(=O)(=O)NCc2ccco2)ccc1OC. The minimum absolute atomic E-state index is 0.0243. The zero-order valence-corrected chi connectivity index (χ0v) is 13.6. The molecule has 0 bridgehead atoms. The van der Waals surface area contributed by atoms with Gasteiger partial charge in [-0.25, -0.2) is 13.1 Å². The van der Waals surface area contributed by atoms with Gasteiger partial charge in [-0.2, -0.15) is 0 Å². The Morgan fingerprint density at radius 1 is 1.30 bits per heavy atom. The van der Waals surface area contributed by atoms with Crippen LogP contribution < -0.4 is 14.8 Å². The number of ether oxygens (including phenoxy) is 1. The highest BCUT2D eigenvalue weighted by Crippen LogP contribution is 2.27. The van der Waals surface area contributed by atoms with E-state index in [9.17, 15) is 13.2 Å². The number of furan rings is 1. The quantitative estimate of drug-likeness (QED) is 0.806. The van der Waals surface area contributed by atoms with Crippen molar-refractivity contribution in [3.8, 4) is 5.75 Å². The maximum Gasteiger partial charge on any atom is 0.241 e. The Kier molecular flexibility index (Phi) is 5.41. The molecular weight excluding hydrogens is 320 g/mol. The number of amides is 1. The fourth-order valence-corrected chi connectivity index (χ4v) is 2.87. The molecule has 0 aliphatic carbocycles. The fraction of sp³-hybridized carbons (Fsp3) is 0.267. The van der Waals surface area contributed by atoms with Crippen LogP contribution in [-0.2, 0) is 21.4 Å². The third-order valence-corrected chi connectivity index (χ3v) is 4.49. The van der Waals surface area contributed by atoms with Crippen molar-refractivity contribution in [1.82, 2.24) is 4.72 Å². The molecule has 0 saturated carbocycles. The fourth-order valence-electron chi connectivity index (χ4n) is 1.85. The number of carbonyl (C=O) groups is 1. The van der Waals surface area contributed by atoms with Gasteiger partial charge in [0.05, 0.1) is 30.5 Å². The van der Waals surface area contributed by atoms with Crippen molar-refractivity contribution < 1.29 is 22.4 Å². The number of rotatable bonds is 7. The maximum absolute atomic E-state index is 12.3. The molecule has 8 heteroatoms. The van der Waals surface area contributed by atoms with Crippen molar-refractivity contribution in [2.45, 2.75) is 24.8 Å². The molecule has 1 heterocycles. The van der Waals surface area contributed by atoms with Crippen LogP contribution >= 0.6 is 0 Å². The summed E-state index contributed by atoms with van der Waals surface area (Å²) in [5.41, 5.74) is 0.306. The van der Waals surface area contributed by atoms with Gasteiger partial charge in [-0.3, -0.25) is 4.79 Å². The van der Waals surface area contributed by atoms with E-state index in [4.69, 9.17) is 9.15 Å². The van der Waals surface area contributed by atoms with Crippen molar-refractivity contribution in [2.24, 2.45) is 0 Å². The molecule has 23 heavy (non-hydrogen) atoms. The summed E-state index contributed by atoms with van der Waals surface area (Å²) < 4.78 is 37.3. The van der Waals surface area contributed by atoms with E-state index >= 15 is 0 Å². The molecular formula is C15H18N2O5S. The third-order valence-electron chi connectivity index (χ3n) is 3.09. The van der Waals surface area contributed by atoms with Crippen LogP contribution in [-0.4, -0.2) is 21.4 Å². The highest BCUT2D eigenvalue weighted by atomic mass is 32.2. The lowest BCUT2D eigenvalue weighted by Crippen LogP contribution is -2.23. The van der Waals surface area contributed by atoms with Crippen molar-refractivity contribution in [3.63, 3.8) is 0 Å². The molecule has 2 aromatic rings. The van der Waals surface area contributed by atoms with Gasteiger partial charge in [0, 0.05) is 6.42 Å². The molecule has 124 valence electrons. The molecule has 0 aliphatic heterocycles. The molecule has 7 nitrogen and oxygen atoms in total. The van der Waals surface area contributed by atoms with Crippen molar-refractivity contribution in [2.75, 3.05) is 12.4 Å². The monoisotopic (exact) mass is 338 g/mol. The Morgan fingerprint density at radius 3 is 2.70 bits per heavy atom. The molecule has 2 N–H and O–H groups in total. The molecule has 1 amide bonds. The van der Waals surface area contributed by atoms with Gasteiger partial charge < -0.3 is 14.5 Å². The summed E-state index contributed by atoms with van der Waals surface area (Å²) in [5, 5.41) is 2.62. The molecule has 0 atom stereocenters. The Bertz CT molecular complexity index is 769. The number of anilines is 1. The first-order valence-electron chi connectivity index (χ1n) is 6.96. The van der Waals surface area contributed by atoms with Gasteiger partial charge in [0.2, 0.25) is 15.9 Å². The highest BCUT2D eigenvalue weighted by Gasteiger charge is 2.17. The molecule has 1 aromatic carbocycles. The molecule has 0 spiro atoms. The second kappa shape index (κ2) is 7.30. The lowest BCUT2D eigenvalue weighted by molar-refractivity contribution is -0.115. The van der Waals surface area contributed by atoms with Crippen LogP contribution in [0.3, 0.4) is 0 Å². The van der Waals surface area contributed by atoms with Gasteiger partial charge in [-0.05, 0) is 30.3 Å². The topological polar surface area (TPSA) is 97.6 Å². The average Bonchev–Trinajstić information content (AvgIpc) is 3.06. The van der Waals surface area contributed by atoms with E-state index < -0.39 is 10.0 Å². The molecule has 0 fully saturated rings. The predicted octanol–water partition coefficient (Wildman–Crippen LogP) is 2.12. The first-order valence-corrected chi connectivity index (χ1v) is 8.44. The zero-order valence-electron chi connectivity index (χ0n) is 12.8. The Morgan fingerprint density at radius 2 is 2.09 bits per heavy atom. The molecule has 1 aromatic heterocycles. The molecule has 0 saturated heterocycles. The summed E-state index contributed by atoms with van der Waals surface area (Å²) in [4.78, 5) is 11.6. The largest absolute Gasteiger partial charge is 0.495 e. The van der Waals surface area contributed by atoms with Crippen molar-refractivity contribution in [1.29, 1.82) is 0 Å². The second-order valence-corrected chi connectivity index (χ2v) is 6.43. The van der Waals surface area contributed by atoms with E-state index in [0.29, 0.717) is 17.2 Å². The van der Waals surface area contributed by atoms with E-state index in [0.717, 1.165) is 0 Å². The van der Waals surface area contributed by atoms with Gasteiger partial charge in [0.15, 0.2) is 0 Å². The predicted molar refractivity (Wildman–Crippen MR) is 84.6 cm³/mol. The van der Waals surface area contributed by atoms with Crippen LogP contribution in [0.25, 0.3) is 0 Å². The third kappa shape index (κ3) is 4.33. The number of nitrogens with one attached hydrogen (secondary N) is 2. The summed E-state index contributed by atoms with van der Waals surface area (Å²) in [7, 11) is -2.30. The first-order chi connectivity index (χ1) is 11.0. The first kappa shape index (κ1) is 17.0. The Labute approximate surface area is 134 Å². The smallest absolute Gasteiger partial charge is 0.241 e. The van der Waals surface area contributed by atoms with Gasteiger partial charge >= 0.3 is 0 Å². The van der Waals surface area contributed by atoms with Gasteiger partial charge in [-0.15, -0.1) is 0 Å². The number of benzene rings is 1. The van der Waals surface area contributed by atoms with E-state index in [2.05, 4.69) is 10.0 Å². The summed E-state index contributed by atoms with van der Waals surface area (Å²) in [5.74, 6) is 0.653. The van der Waals surface area contributed by atoms with E-state index in [1.165, 1.54) is 31.6 Å². The molecule has 0 unspecified atom stereocenters. The average molecular weight is 338 g/mol. The maximum atomic E-state index is 12.3. The summed E-state index contributed by atoms with van der Waals surface area (Å²) >= 11 is 0. The van der Waals surface area contributed by atoms with Crippen LogP contribution in [0.1, 0.15) is 19.1 Å². The minimum atomic E-state index is -3.74. The normalized spacial score (nSPS) is 11.2. The summed E-state index contributed by atoms with van der Waals surface area (Å²) in [6, 6.07) is 7.60. The van der Waals surface area contributed by atoms with Gasteiger partial charge in [0.25, 0.3) is 0 Å². The summed E-state index contributed by atoms with van der Waals surface area (Å²) in [6.45, 7) is 1.74. The number of hydrogen-bond donors (Lipinski definition) is 2. The number of hydrogen-bond acceptors (Lipinski definition) is 5. The molecule has 2 rings (SSSR count). The van der Waals surface area contributed by atoms with Crippen molar-refractivity contribution >= 4 is 21.6 Å². The van der Waals surface area contributed by atoms with Crippen LogP contribution in [0.2, 0.25) is 0 Å². The van der Waals surface area contributed by atoms with E-state index in [1.807, 2.05) is 0 Å². The van der Waals surface area contributed by atoms with Crippen molar-refractivity contribution in [3.05, 3.63) is 42.4 Å². The van der Waals surface area contributed by atoms with E-state index in [-0.39, 0.29) is 23.8 Å². The number of methoxy groups -OCH3 is 1. The molecule has 0 radical (unpaired) electrons. The highest BCUT2D eigenvalue weighted by molar-refractivity contribution is 7.89. The Hall–Kier alpha value is -2.32. The zero-order chi connectivity index (χ0) is 16.9. The van der Waals surface area contributed by atoms with Crippen LogP contribution in [0.5, 0.6) is 5.75 Å². The number of sulfonamides is 1. The standard InChI is InChI=1S/C15H18N2O5S/c1-3-15(18)17-13-9-12(6-7-14(13)21-2)23(19,20)16-10-11-5-4-8-22-11/h4-9,16H,3,10H2,1-2H3,(H,17,18). The molecule has 0 aliphatic rings. The van der Waals surface area contributed by atoms with Crippen LogP contribution in [0.15, 0.2) is 45.9 Å².